The molecule has 0 radical (unpaired) electrons. The number of nitrogens with one attached hydrogen (secondary N) is 1. The Kier molecular flexibility index (Phi) is 5.24. The second-order valence-corrected chi connectivity index (χ2v) is 5.26. The van der Waals surface area contributed by atoms with Gasteiger partial charge in [0, 0.05) is 17.8 Å². The largest absolute Gasteiger partial charge is 0.476 e. The Hall–Kier alpha value is -1.47. The maximum Gasteiger partial charge on any atom is 0.355 e. The molecule has 100 valence electrons. The molecule has 18 heavy (non-hydrogen) atoms. The molecule has 0 aliphatic rings. The van der Waals surface area contributed by atoms with Crippen molar-refractivity contribution in [3.8, 4) is 0 Å². The molecule has 1 atom stereocenters. The van der Waals surface area contributed by atoms with E-state index in [4.69, 9.17) is 10.8 Å². The van der Waals surface area contributed by atoms with Gasteiger partial charge in [-0.15, -0.1) is 11.3 Å². The van der Waals surface area contributed by atoms with Gasteiger partial charge in [-0.25, -0.2) is 9.78 Å². The lowest BCUT2D eigenvalue weighted by Gasteiger charge is -2.14. The van der Waals surface area contributed by atoms with Crippen LogP contribution >= 0.6 is 11.3 Å². The summed E-state index contributed by atoms with van der Waals surface area (Å²) in [5, 5.41) is 13.4. The minimum absolute atomic E-state index is 0.00290. The van der Waals surface area contributed by atoms with E-state index in [1.165, 1.54) is 16.7 Å². The molecule has 0 aliphatic heterocycles. The van der Waals surface area contributed by atoms with Gasteiger partial charge in [-0.05, 0) is 5.92 Å². The zero-order valence-corrected chi connectivity index (χ0v) is 11.2. The molecule has 0 saturated carbocycles. The molecule has 0 aliphatic carbocycles. The summed E-state index contributed by atoms with van der Waals surface area (Å²) in [7, 11) is 0. The molecule has 0 fully saturated rings. The highest BCUT2D eigenvalue weighted by Crippen LogP contribution is 2.09. The molecule has 6 nitrogen and oxygen atoms in total. The van der Waals surface area contributed by atoms with Gasteiger partial charge in [-0.2, -0.15) is 0 Å². The molecule has 1 aromatic heterocycles. The van der Waals surface area contributed by atoms with E-state index >= 15 is 0 Å². The molecule has 1 aromatic rings. The summed E-state index contributed by atoms with van der Waals surface area (Å²) in [6.45, 7) is 4.15. The van der Waals surface area contributed by atoms with Crippen LogP contribution in [-0.2, 0) is 11.3 Å². The highest BCUT2D eigenvalue weighted by atomic mass is 32.1. The second-order valence-electron chi connectivity index (χ2n) is 4.32. The molecular formula is C11H17N3O3S. The second kappa shape index (κ2) is 6.46. The highest BCUT2D eigenvalue weighted by Gasteiger charge is 2.13. The summed E-state index contributed by atoms with van der Waals surface area (Å²) in [5.41, 5.74) is 5.78. The lowest BCUT2D eigenvalue weighted by molar-refractivity contribution is -0.121. The SMILES string of the molecule is CC(C)C(N)CC(=O)NCc1nc(C(=O)O)cs1. The Morgan fingerprint density at radius 2 is 2.22 bits per heavy atom. The van der Waals surface area contributed by atoms with E-state index in [1.807, 2.05) is 13.8 Å². The highest BCUT2D eigenvalue weighted by molar-refractivity contribution is 7.09. The smallest absolute Gasteiger partial charge is 0.355 e. The van der Waals surface area contributed by atoms with Crippen LogP contribution in [0.15, 0.2) is 5.38 Å². The Morgan fingerprint density at radius 3 is 2.72 bits per heavy atom. The van der Waals surface area contributed by atoms with E-state index in [-0.39, 0.29) is 36.5 Å². The molecule has 4 N–H and O–H groups in total. The first-order valence-electron chi connectivity index (χ1n) is 5.60. The number of hydrogen-bond donors (Lipinski definition) is 3. The topological polar surface area (TPSA) is 105 Å². The van der Waals surface area contributed by atoms with Crippen molar-refractivity contribution in [2.24, 2.45) is 11.7 Å². The van der Waals surface area contributed by atoms with Gasteiger partial charge in [0.15, 0.2) is 5.69 Å². The van der Waals surface area contributed by atoms with Crippen LogP contribution in [0.1, 0.15) is 35.8 Å². The zero-order valence-electron chi connectivity index (χ0n) is 10.3. The van der Waals surface area contributed by atoms with Crippen molar-refractivity contribution in [3.63, 3.8) is 0 Å². The minimum Gasteiger partial charge on any atom is -0.476 e. The Bertz CT molecular complexity index is 431. The third-order valence-corrected chi connectivity index (χ3v) is 3.33. The van der Waals surface area contributed by atoms with Gasteiger partial charge in [-0.3, -0.25) is 4.79 Å². The van der Waals surface area contributed by atoms with Crippen molar-refractivity contribution in [1.82, 2.24) is 10.3 Å². The number of amides is 1. The summed E-state index contributed by atoms with van der Waals surface area (Å²) in [6.07, 6.45) is 0.259. The van der Waals surface area contributed by atoms with Gasteiger partial charge >= 0.3 is 5.97 Å². The average Bonchev–Trinajstić information content (AvgIpc) is 2.74. The maximum absolute atomic E-state index is 11.5. The zero-order chi connectivity index (χ0) is 13.7. The van der Waals surface area contributed by atoms with Crippen molar-refractivity contribution < 1.29 is 14.7 Å². The lowest BCUT2D eigenvalue weighted by Crippen LogP contribution is -2.34. The third-order valence-electron chi connectivity index (χ3n) is 2.49. The first-order valence-corrected chi connectivity index (χ1v) is 6.48. The predicted octanol–water partition coefficient (Wildman–Crippen LogP) is 0.831. The fourth-order valence-electron chi connectivity index (χ4n) is 1.19. The Morgan fingerprint density at radius 1 is 1.56 bits per heavy atom. The van der Waals surface area contributed by atoms with Crippen LogP contribution in [0.5, 0.6) is 0 Å². The molecule has 0 bridgehead atoms. The van der Waals surface area contributed by atoms with Crippen molar-refractivity contribution in [1.29, 1.82) is 0 Å². The molecule has 0 spiro atoms. The number of carbonyl (C=O) groups is 2. The number of aromatic carboxylic acids is 1. The van der Waals surface area contributed by atoms with Crippen LogP contribution in [0.3, 0.4) is 0 Å². The first kappa shape index (κ1) is 14.6. The first-order chi connectivity index (χ1) is 8.40. The van der Waals surface area contributed by atoms with E-state index < -0.39 is 5.97 Å². The van der Waals surface area contributed by atoms with Crippen LogP contribution in [0.4, 0.5) is 0 Å². The Labute approximate surface area is 109 Å². The number of nitrogens with two attached hydrogens (primary N) is 1. The number of carbonyl (C=O) groups excluding carboxylic acids is 1. The maximum atomic E-state index is 11.5. The normalized spacial score (nSPS) is 12.4. The van der Waals surface area contributed by atoms with E-state index in [0.717, 1.165) is 0 Å². The molecule has 1 rings (SSSR count). The summed E-state index contributed by atoms with van der Waals surface area (Å²) in [5.74, 6) is -0.969. The summed E-state index contributed by atoms with van der Waals surface area (Å²) >= 11 is 1.21. The van der Waals surface area contributed by atoms with Gasteiger partial charge in [0.1, 0.15) is 5.01 Å². The van der Waals surface area contributed by atoms with E-state index in [9.17, 15) is 9.59 Å². The molecule has 1 amide bonds. The number of nitrogens with zero attached hydrogens (tertiary/aromatic N) is 1. The van der Waals surface area contributed by atoms with E-state index in [2.05, 4.69) is 10.3 Å². The van der Waals surface area contributed by atoms with Crippen LogP contribution in [0.2, 0.25) is 0 Å². The summed E-state index contributed by atoms with van der Waals surface area (Å²) in [4.78, 5) is 26.0. The quantitative estimate of drug-likeness (QED) is 0.710. The van der Waals surface area contributed by atoms with E-state index in [1.54, 1.807) is 0 Å². The van der Waals surface area contributed by atoms with Gasteiger partial charge in [-0.1, -0.05) is 13.8 Å². The number of carboxylic acids is 1. The van der Waals surface area contributed by atoms with Crippen molar-refractivity contribution in [2.45, 2.75) is 32.9 Å². The minimum atomic E-state index is -1.06. The third kappa shape index (κ3) is 4.42. The Balaban J connectivity index is 2.40. The fraction of sp³-hybridized carbons (Fsp3) is 0.545. The van der Waals surface area contributed by atoms with Crippen molar-refractivity contribution in [3.05, 3.63) is 16.1 Å². The van der Waals surface area contributed by atoms with Crippen LogP contribution < -0.4 is 11.1 Å². The van der Waals surface area contributed by atoms with Gasteiger partial charge in [0.2, 0.25) is 5.91 Å². The molecule has 0 aromatic carbocycles. The molecule has 1 heterocycles. The number of hydrogen-bond acceptors (Lipinski definition) is 5. The van der Waals surface area contributed by atoms with Crippen LogP contribution in [0.25, 0.3) is 0 Å². The lowest BCUT2D eigenvalue weighted by atomic mass is 10.0. The van der Waals surface area contributed by atoms with Gasteiger partial charge in [0.05, 0.1) is 6.54 Å². The monoisotopic (exact) mass is 271 g/mol. The fourth-order valence-corrected chi connectivity index (χ4v) is 1.89. The van der Waals surface area contributed by atoms with Crippen molar-refractivity contribution in [2.75, 3.05) is 0 Å². The number of rotatable bonds is 6. The molecule has 1 unspecified atom stereocenters. The van der Waals surface area contributed by atoms with Crippen LogP contribution in [0, 0.1) is 5.92 Å². The van der Waals surface area contributed by atoms with Gasteiger partial charge in [0.25, 0.3) is 0 Å². The van der Waals surface area contributed by atoms with E-state index in [0.29, 0.717) is 5.01 Å². The van der Waals surface area contributed by atoms with Crippen LogP contribution in [-0.4, -0.2) is 28.0 Å². The standard InChI is InChI=1S/C11H17N3O3S/c1-6(2)7(12)3-9(15)13-4-10-14-8(5-18-10)11(16)17/h5-7H,3-4,12H2,1-2H3,(H,13,15)(H,16,17). The average molecular weight is 271 g/mol. The molecular weight excluding hydrogens is 254 g/mol. The molecule has 0 saturated heterocycles. The summed E-state index contributed by atoms with van der Waals surface area (Å²) < 4.78 is 0. The van der Waals surface area contributed by atoms with Crippen molar-refractivity contribution >= 4 is 23.2 Å². The molecule has 7 heteroatoms. The summed E-state index contributed by atoms with van der Waals surface area (Å²) in [6, 6.07) is -0.170. The number of aromatic nitrogens is 1. The predicted molar refractivity (Wildman–Crippen MR) is 68.4 cm³/mol. The van der Waals surface area contributed by atoms with Gasteiger partial charge < -0.3 is 16.2 Å². The number of carboxylic acid groups (broad SMARTS) is 1. The number of thiazole rings is 1.